The lowest BCUT2D eigenvalue weighted by molar-refractivity contribution is 0.0897. The Morgan fingerprint density at radius 1 is 1.13 bits per heavy atom. The molecule has 4 rings (SSSR count). The molecule has 1 amide bonds. The van der Waals surface area contributed by atoms with Gasteiger partial charge in [-0.25, -0.2) is 4.98 Å². The van der Waals surface area contributed by atoms with E-state index in [1.165, 1.54) is 6.07 Å². The number of nitrogens with one attached hydrogen (secondary N) is 2. The van der Waals surface area contributed by atoms with Crippen LogP contribution in [0.4, 0.5) is 0 Å². The van der Waals surface area contributed by atoms with Crippen molar-refractivity contribution in [3.8, 4) is 11.5 Å². The van der Waals surface area contributed by atoms with Gasteiger partial charge in [0, 0.05) is 23.2 Å². The SMILES string of the molecule is Cc1ccc2oc(C(=O)N[C@@H](c3cc(=O)[nH]c(-c4ccccn4)n3)C(C)C)c(C)c2c1. The van der Waals surface area contributed by atoms with Gasteiger partial charge in [0.2, 0.25) is 0 Å². The lowest BCUT2D eigenvalue weighted by atomic mass is 10.00. The van der Waals surface area contributed by atoms with E-state index in [-0.39, 0.29) is 23.1 Å². The third-order valence-corrected chi connectivity index (χ3v) is 5.24. The molecule has 0 radical (unpaired) electrons. The third-order valence-electron chi connectivity index (χ3n) is 5.24. The van der Waals surface area contributed by atoms with E-state index in [2.05, 4.69) is 20.3 Å². The highest BCUT2D eigenvalue weighted by Crippen LogP contribution is 2.28. The third kappa shape index (κ3) is 4.12. The van der Waals surface area contributed by atoms with Crippen molar-refractivity contribution in [2.24, 2.45) is 5.92 Å². The summed E-state index contributed by atoms with van der Waals surface area (Å²) < 4.78 is 5.84. The summed E-state index contributed by atoms with van der Waals surface area (Å²) in [7, 11) is 0. The Labute approximate surface area is 179 Å². The summed E-state index contributed by atoms with van der Waals surface area (Å²) in [5, 5.41) is 3.92. The highest BCUT2D eigenvalue weighted by molar-refractivity contribution is 5.99. The molecule has 1 atom stereocenters. The molecular formula is C24H24N4O3. The van der Waals surface area contributed by atoms with Crippen molar-refractivity contribution in [1.29, 1.82) is 0 Å². The molecule has 4 aromatic rings. The van der Waals surface area contributed by atoms with Gasteiger partial charge in [-0.05, 0) is 44.0 Å². The molecule has 2 N–H and O–H groups in total. The first-order chi connectivity index (χ1) is 14.8. The molecule has 0 saturated heterocycles. The smallest absolute Gasteiger partial charge is 0.287 e. The predicted octanol–water partition coefficient (Wildman–Crippen LogP) is 4.32. The number of aryl methyl sites for hydroxylation is 2. The molecule has 0 aliphatic heterocycles. The van der Waals surface area contributed by atoms with Crippen molar-refractivity contribution in [2.45, 2.75) is 33.7 Å². The first-order valence-electron chi connectivity index (χ1n) is 10.2. The number of amides is 1. The van der Waals surface area contributed by atoms with Crippen molar-refractivity contribution < 1.29 is 9.21 Å². The fourth-order valence-corrected chi connectivity index (χ4v) is 3.60. The molecule has 31 heavy (non-hydrogen) atoms. The Morgan fingerprint density at radius 2 is 1.94 bits per heavy atom. The molecule has 0 aliphatic rings. The van der Waals surface area contributed by atoms with Crippen LogP contribution in [0, 0.1) is 19.8 Å². The highest BCUT2D eigenvalue weighted by atomic mass is 16.3. The minimum absolute atomic E-state index is 0.0123. The number of nitrogens with zero attached hydrogens (tertiary/aromatic N) is 2. The Kier molecular flexibility index (Phi) is 5.42. The van der Waals surface area contributed by atoms with Crippen LogP contribution in [0.5, 0.6) is 0 Å². The van der Waals surface area contributed by atoms with Crippen LogP contribution in [0.1, 0.15) is 47.3 Å². The second kappa shape index (κ2) is 8.18. The molecule has 0 aliphatic carbocycles. The van der Waals surface area contributed by atoms with Crippen LogP contribution in [0.25, 0.3) is 22.5 Å². The number of rotatable bonds is 5. The minimum atomic E-state index is -0.480. The average molecular weight is 416 g/mol. The van der Waals surface area contributed by atoms with Crippen molar-refractivity contribution in [1.82, 2.24) is 20.3 Å². The molecule has 1 aromatic carbocycles. The van der Waals surface area contributed by atoms with Gasteiger partial charge in [0.05, 0.1) is 11.7 Å². The van der Waals surface area contributed by atoms with Gasteiger partial charge < -0.3 is 14.7 Å². The van der Waals surface area contributed by atoms with E-state index in [0.29, 0.717) is 22.8 Å². The maximum atomic E-state index is 13.1. The number of hydrogen-bond acceptors (Lipinski definition) is 5. The normalized spacial score (nSPS) is 12.3. The van der Waals surface area contributed by atoms with Gasteiger partial charge >= 0.3 is 0 Å². The maximum absolute atomic E-state index is 13.1. The number of benzene rings is 1. The van der Waals surface area contributed by atoms with Gasteiger partial charge in [-0.1, -0.05) is 31.5 Å². The summed E-state index contributed by atoms with van der Waals surface area (Å²) in [5.74, 6) is 0.271. The van der Waals surface area contributed by atoms with E-state index in [4.69, 9.17) is 4.42 Å². The van der Waals surface area contributed by atoms with E-state index in [9.17, 15) is 9.59 Å². The zero-order chi connectivity index (χ0) is 22.1. The van der Waals surface area contributed by atoms with E-state index < -0.39 is 6.04 Å². The van der Waals surface area contributed by atoms with Crippen molar-refractivity contribution >= 4 is 16.9 Å². The quantitative estimate of drug-likeness (QED) is 0.504. The number of furan rings is 1. The monoisotopic (exact) mass is 416 g/mol. The topological polar surface area (TPSA) is 101 Å². The Morgan fingerprint density at radius 3 is 2.65 bits per heavy atom. The fraction of sp³-hybridized carbons (Fsp3) is 0.250. The van der Waals surface area contributed by atoms with Crippen molar-refractivity contribution in [2.75, 3.05) is 0 Å². The van der Waals surface area contributed by atoms with Crippen LogP contribution in [-0.4, -0.2) is 20.9 Å². The van der Waals surface area contributed by atoms with E-state index in [1.807, 2.05) is 52.0 Å². The Bertz CT molecular complexity index is 1310. The van der Waals surface area contributed by atoms with Crippen molar-refractivity contribution in [3.05, 3.63) is 81.6 Å². The van der Waals surface area contributed by atoms with Gasteiger partial charge in [-0.15, -0.1) is 0 Å². The van der Waals surface area contributed by atoms with Crippen molar-refractivity contribution in [3.63, 3.8) is 0 Å². The lowest BCUT2D eigenvalue weighted by Gasteiger charge is -2.21. The maximum Gasteiger partial charge on any atom is 0.287 e. The standard InChI is InChI=1S/C24H24N4O3/c1-13(2)21(18-12-20(29)27-23(26-18)17-7-5-6-10-25-17)28-24(30)22-15(4)16-11-14(3)8-9-19(16)31-22/h5-13,21H,1-4H3,(H,28,30)(H,26,27,29)/t21-/m1/s1. The number of carbonyl (C=O) groups excluding carboxylic acids is 1. The van der Waals surface area contributed by atoms with Gasteiger partial charge in [0.25, 0.3) is 11.5 Å². The second-order valence-electron chi connectivity index (χ2n) is 7.98. The summed E-state index contributed by atoms with van der Waals surface area (Å²) in [4.78, 5) is 37.0. The van der Waals surface area contributed by atoms with E-state index in [0.717, 1.165) is 16.5 Å². The Hall–Kier alpha value is -3.74. The number of H-pyrrole nitrogens is 1. The second-order valence-corrected chi connectivity index (χ2v) is 7.98. The number of aromatic amines is 1. The number of aromatic nitrogens is 3. The first-order valence-corrected chi connectivity index (χ1v) is 10.2. The molecule has 3 heterocycles. The van der Waals surface area contributed by atoms with Gasteiger partial charge in [0.15, 0.2) is 11.6 Å². The summed E-state index contributed by atoms with van der Waals surface area (Å²) >= 11 is 0. The Balaban J connectivity index is 1.69. The predicted molar refractivity (Wildman–Crippen MR) is 119 cm³/mol. The van der Waals surface area contributed by atoms with Crippen LogP contribution < -0.4 is 10.9 Å². The molecule has 158 valence electrons. The number of pyridine rings is 1. The van der Waals surface area contributed by atoms with Crippen LogP contribution >= 0.6 is 0 Å². The van der Waals surface area contributed by atoms with Crippen LogP contribution in [0.2, 0.25) is 0 Å². The zero-order valence-electron chi connectivity index (χ0n) is 17.9. The molecule has 0 spiro atoms. The fourth-order valence-electron chi connectivity index (χ4n) is 3.60. The van der Waals surface area contributed by atoms with Gasteiger partial charge in [-0.2, -0.15) is 0 Å². The summed E-state index contributed by atoms with van der Waals surface area (Å²) in [5.41, 5.74) is 3.27. The summed E-state index contributed by atoms with van der Waals surface area (Å²) in [6.07, 6.45) is 1.63. The molecule has 7 nitrogen and oxygen atoms in total. The molecule has 3 aromatic heterocycles. The average Bonchev–Trinajstić information content (AvgIpc) is 3.08. The van der Waals surface area contributed by atoms with Crippen LogP contribution in [0.3, 0.4) is 0 Å². The number of carbonyl (C=O) groups is 1. The van der Waals surface area contributed by atoms with E-state index >= 15 is 0 Å². The summed E-state index contributed by atoms with van der Waals surface area (Å²) in [6.45, 7) is 7.79. The minimum Gasteiger partial charge on any atom is -0.451 e. The van der Waals surface area contributed by atoms with E-state index in [1.54, 1.807) is 18.3 Å². The number of fused-ring (bicyclic) bond motifs is 1. The van der Waals surface area contributed by atoms with Gasteiger partial charge in [0.1, 0.15) is 11.3 Å². The number of hydrogen-bond donors (Lipinski definition) is 2. The molecule has 0 saturated carbocycles. The first kappa shape index (κ1) is 20.5. The molecule has 0 unspecified atom stereocenters. The molecule has 7 heteroatoms. The zero-order valence-corrected chi connectivity index (χ0v) is 17.9. The van der Waals surface area contributed by atoms with Gasteiger partial charge in [-0.3, -0.25) is 14.6 Å². The molecule has 0 fully saturated rings. The van der Waals surface area contributed by atoms with Crippen LogP contribution in [0.15, 0.2) is 57.9 Å². The van der Waals surface area contributed by atoms with Crippen LogP contribution in [-0.2, 0) is 0 Å². The largest absolute Gasteiger partial charge is 0.451 e. The summed E-state index contributed by atoms with van der Waals surface area (Å²) in [6, 6.07) is 12.1. The molecule has 0 bridgehead atoms. The lowest BCUT2D eigenvalue weighted by Crippen LogP contribution is -2.33. The highest BCUT2D eigenvalue weighted by Gasteiger charge is 2.25. The molecular weight excluding hydrogens is 392 g/mol.